The molecule has 5 heteroatoms. The van der Waals surface area contributed by atoms with Crippen molar-refractivity contribution < 1.29 is 23.8 Å². The van der Waals surface area contributed by atoms with Gasteiger partial charge in [-0.05, 0) is 6.08 Å². The number of ether oxygens (including phenoxy) is 3. The van der Waals surface area contributed by atoms with Crippen molar-refractivity contribution in [2.75, 3.05) is 14.2 Å². The molecular formula is C13H14O5. The van der Waals surface area contributed by atoms with E-state index in [1.165, 1.54) is 14.2 Å². The van der Waals surface area contributed by atoms with E-state index in [1.807, 2.05) is 6.08 Å². The lowest BCUT2D eigenvalue weighted by Crippen LogP contribution is -2.65. The molecule has 1 saturated carbocycles. The van der Waals surface area contributed by atoms with E-state index in [4.69, 9.17) is 14.2 Å². The van der Waals surface area contributed by atoms with Crippen molar-refractivity contribution in [2.45, 2.75) is 11.9 Å². The minimum atomic E-state index is -1.40. The number of hydrogen-bond donors (Lipinski definition) is 0. The fraction of sp³-hybridized carbons (Fsp3) is 0.538. The predicted molar refractivity (Wildman–Crippen MR) is 60.4 cm³/mol. The van der Waals surface area contributed by atoms with Crippen molar-refractivity contribution >= 4 is 12.1 Å². The Labute approximate surface area is 104 Å². The van der Waals surface area contributed by atoms with Crippen LogP contribution >= 0.6 is 0 Å². The Kier molecular flexibility index (Phi) is 2.43. The van der Waals surface area contributed by atoms with Crippen LogP contribution in [0.15, 0.2) is 24.0 Å². The summed E-state index contributed by atoms with van der Waals surface area (Å²) in [4.78, 5) is 23.7. The van der Waals surface area contributed by atoms with E-state index in [9.17, 15) is 9.59 Å². The third-order valence-electron chi connectivity index (χ3n) is 4.19. The second-order valence-electron chi connectivity index (χ2n) is 4.73. The lowest BCUT2D eigenvalue weighted by atomic mass is 9.60. The minimum absolute atomic E-state index is 0.0235. The molecule has 0 aromatic heterocycles. The highest BCUT2D eigenvalue weighted by Gasteiger charge is 2.65. The molecule has 1 fully saturated rings. The molecule has 2 bridgehead atoms. The molecule has 0 N–H and O–H groups in total. The number of hydrogen-bond acceptors (Lipinski definition) is 5. The van der Waals surface area contributed by atoms with Crippen LogP contribution in [0.1, 0.15) is 0 Å². The smallest absolute Gasteiger partial charge is 0.239 e. The number of fused-ring (bicyclic) bond motifs is 1. The molecule has 4 rings (SSSR count). The molecule has 0 unspecified atom stereocenters. The maximum atomic E-state index is 12.5. The van der Waals surface area contributed by atoms with Gasteiger partial charge in [-0.2, -0.15) is 0 Å². The number of rotatable bonds is 3. The number of allylic oxidation sites excluding steroid dienone is 1. The van der Waals surface area contributed by atoms with Crippen LogP contribution in [0.5, 0.6) is 0 Å². The number of aldehydes is 1. The molecule has 1 aliphatic heterocycles. The number of ketones is 1. The average molecular weight is 250 g/mol. The maximum absolute atomic E-state index is 12.5. The highest BCUT2D eigenvalue weighted by Crippen LogP contribution is 2.52. The van der Waals surface area contributed by atoms with Gasteiger partial charge in [0.25, 0.3) is 0 Å². The zero-order valence-electron chi connectivity index (χ0n) is 10.2. The van der Waals surface area contributed by atoms with Gasteiger partial charge in [0.15, 0.2) is 5.78 Å². The summed E-state index contributed by atoms with van der Waals surface area (Å²) in [7, 11) is 2.84. The van der Waals surface area contributed by atoms with Crippen LogP contribution < -0.4 is 0 Å². The van der Waals surface area contributed by atoms with E-state index < -0.39 is 17.6 Å². The van der Waals surface area contributed by atoms with Crippen LogP contribution in [0.25, 0.3) is 0 Å². The van der Waals surface area contributed by atoms with E-state index in [-0.39, 0.29) is 17.8 Å². The highest BCUT2D eigenvalue weighted by molar-refractivity contribution is 5.97. The van der Waals surface area contributed by atoms with Crippen molar-refractivity contribution in [2.24, 2.45) is 17.8 Å². The van der Waals surface area contributed by atoms with Crippen molar-refractivity contribution in [1.82, 2.24) is 0 Å². The van der Waals surface area contributed by atoms with Gasteiger partial charge in [0.05, 0.1) is 18.1 Å². The third-order valence-corrected chi connectivity index (χ3v) is 4.19. The number of carbonyl (C=O) groups is 2. The van der Waals surface area contributed by atoms with Gasteiger partial charge in [-0.15, -0.1) is 0 Å². The Morgan fingerprint density at radius 2 is 2.11 bits per heavy atom. The van der Waals surface area contributed by atoms with Crippen LogP contribution in [0.4, 0.5) is 0 Å². The fourth-order valence-corrected chi connectivity index (χ4v) is 3.39. The lowest BCUT2D eigenvalue weighted by Gasteiger charge is -2.50. The summed E-state index contributed by atoms with van der Waals surface area (Å²) in [5.41, 5.74) is 0.522. The van der Waals surface area contributed by atoms with Crippen molar-refractivity contribution in [3.8, 4) is 0 Å². The molecule has 0 spiro atoms. The molecule has 0 amide bonds. The first-order valence-electron chi connectivity index (χ1n) is 5.83. The van der Waals surface area contributed by atoms with Gasteiger partial charge >= 0.3 is 0 Å². The summed E-state index contributed by atoms with van der Waals surface area (Å²) < 4.78 is 16.2. The third kappa shape index (κ3) is 1.13. The van der Waals surface area contributed by atoms with Gasteiger partial charge in [-0.3, -0.25) is 9.59 Å². The van der Waals surface area contributed by atoms with E-state index in [0.717, 1.165) is 6.29 Å². The largest absolute Gasteiger partial charge is 0.497 e. The maximum Gasteiger partial charge on any atom is 0.239 e. The molecule has 3 aliphatic carbocycles. The molecule has 0 aromatic carbocycles. The Bertz CT molecular complexity index is 460. The van der Waals surface area contributed by atoms with Gasteiger partial charge in [0.1, 0.15) is 12.4 Å². The molecule has 0 radical (unpaired) electrons. The standard InChI is InChI=1S/C13H14O5/c1-16-13(17-2)10-7(6-14)5-9(12(13)15)8-3-4-18-11(8)10/h3-6,8-11H,1-2H3/t8-,9+,10-,11-/m0/s1. The Morgan fingerprint density at radius 3 is 2.72 bits per heavy atom. The molecule has 0 aromatic rings. The normalized spacial score (nSPS) is 39.2. The first kappa shape index (κ1) is 11.6. The minimum Gasteiger partial charge on any atom is -0.497 e. The number of carbonyl (C=O) groups excluding carboxylic acids is 2. The SMILES string of the molecule is COC1(OC)C(=O)[C@@H]2C=C(C=O)[C@H]1[C@H]1OC=C[C@H]12. The molecule has 1 heterocycles. The van der Waals surface area contributed by atoms with Crippen molar-refractivity contribution in [1.29, 1.82) is 0 Å². The Hall–Kier alpha value is -1.46. The Morgan fingerprint density at radius 1 is 1.39 bits per heavy atom. The molecule has 5 nitrogen and oxygen atoms in total. The summed E-state index contributed by atoms with van der Waals surface area (Å²) in [5, 5.41) is 0. The molecule has 18 heavy (non-hydrogen) atoms. The summed E-state index contributed by atoms with van der Waals surface area (Å²) in [6.07, 6.45) is 5.67. The second kappa shape index (κ2) is 3.76. The van der Waals surface area contributed by atoms with E-state index >= 15 is 0 Å². The zero-order chi connectivity index (χ0) is 12.9. The van der Waals surface area contributed by atoms with Gasteiger partial charge in [-0.25, -0.2) is 0 Å². The van der Waals surface area contributed by atoms with Gasteiger partial charge < -0.3 is 14.2 Å². The van der Waals surface area contributed by atoms with Crippen molar-refractivity contribution in [3.05, 3.63) is 24.0 Å². The first-order chi connectivity index (χ1) is 8.69. The van der Waals surface area contributed by atoms with Gasteiger partial charge in [-0.1, -0.05) is 6.08 Å². The van der Waals surface area contributed by atoms with Crippen LogP contribution in [-0.2, 0) is 23.8 Å². The molecule has 4 atom stereocenters. The molecule has 0 saturated heterocycles. The van der Waals surface area contributed by atoms with Crippen LogP contribution in [-0.4, -0.2) is 38.2 Å². The summed E-state index contributed by atoms with van der Waals surface area (Å²) in [6.45, 7) is 0. The molecule has 4 aliphatic rings. The first-order valence-corrected chi connectivity index (χ1v) is 5.83. The van der Waals surface area contributed by atoms with Crippen LogP contribution in [0.2, 0.25) is 0 Å². The average Bonchev–Trinajstić information content (AvgIpc) is 2.89. The van der Waals surface area contributed by atoms with Gasteiger partial charge in [0.2, 0.25) is 5.79 Å². The van der Waals surface area contributed by atoms with E-state index in [1.54, 1.807) is 12.3 Å². The van der Waals surface area contributed by atoms with E-state index in [0.29, 0.717) is 5.57 Å². The van der Waals surface area contributed by atoms with E-state index in [2.05, 4.69) is 0 Å². The summed E-state index contributed by atoms with van der Waals surface area (Å²) in [6, 6.07) is 0. The zero-order valence-corrected chi connectivity index (χ0v) is 10.2. The number of methoxy groups -OCH3 is 2. The Balaban J connectivity index is 2.16. The fourth-order valence-electron chi connectivity index (χ4n) is 3.39. The summed E-state index contributed by atoms with van der Waals surface area (Å²) in [5.74, 6) is -2.49. The summed E-state index contributed by atoms with van der Waals surface area (Å²) >= 11 is 0. The lowest BCUT2D eigenvalue weighted by molar-refractivity contribution is -0.254. The second-order valence-corrected chi connectivity index (χ2v) is 4.73. The quantitative estimate of drug-likeness (QED) is 0.538. The predicted octanol–water partition coefficient (Wildman–Crippen LogP) is 0.458. The molecule has 96 valence electrons. The van der Waals surface area contributed by atoms with Gasteiger partial charge in [0, 0.05) is 25.7 Å². The monoisotopic (exact) mass is 250 g/mol. The number of Topliss-reactive ketones (excluding diaryl/α,β-unsaturated/α-hetero) is 1. The van der Waals surface area contributed by atoms with Crippen molar-refractivity contribution in [3.63, 3.8) is 0 Å². The highest BCUT2D eigenvalue weighted by atomic mass is 16.7. The van der Waals surface area contributed by atoms with Crippen LogP contribution in [0, 0.1) is 17.8 Å². The molecular weight excluding hydrogens is 236 g/mol. The van der Waals surface area contributed by atoms with Crippen LogP contribution in [0.3, 0.4) is 0 Å². The topological polar surface area (TPSA) is 61.8 Å².